The van der Waals surface area contributed by atoms with E-state index in [4.69, 9.17) is 34.8 Å². The lowest BCUT2D eigenvalue weighted by Gasteiger charge is -2.07. The van der Waals surface area contributed by atoms with Gasteiger partial charge in [0.15, 0.2) is 5.75 Å². The highest BCUT2D eigenvalue weighted by molar-refractivity contribution is 6.37. The molecule has 0 heterocycles. The number of rotatable bonds is 4. The molecule has 0 radical (unpaired) electrons. The van der Waals surface area contributed by atoms with E-state index in [9.17, 15) is 9.90 Å². The second-order valence-corrected chi connectivity index (χ2v) is 4.32. The highest BCUT2D eigenvalue weighted by atomic mass is 35.5. The van der Waals surface area contributed by atoms with E-state index in [1.807, 2.05) is 0 Å². The van der Waals surface area contributed by atoms with Gasteiger partial charge >= 0.3 is 0 Å². The molecular formula is C10H10Cl3NO2. The second-order valence-electron chi connectivity index (χ2n) is 3.13. The summed E-state index contributed by atoms with van der Waals surface area (Å²) in [6.07, 6.45) is 0.937. The average Bonchev–Trinajstić information content (AvgIpc) is 2.23. The molecule has 0 saturated carbocycles. The third-order valence-electron chi connectivity index (χ3n) is 1.84. The molecule has 0 aliphatic carbocycles. The Morgan fingerprint density at radius 1 is 1.31 bits per heavy atom. The molecular weight excluding hydrogens is 272 g/mol. The minimum Gasteiger partial charge on any atom is -0.505 e. The standard InChI is InChI=1S/C10H10Cl3NO2/c11-3-1-2-9(15)14-6-4-7(12)10(16)8(13)5-6/h4-5,16H,1-3H2,(H,14,15). The second kappa shape index (κ2) is 6.18. The number of nitrogens with one attached hydrogen (secondary N) is 1. The fourth-order valence-corrected chi connectivity index (χ4v) is 1.71. The SMILES string of the molecule is O=C(CCCCl)Nc1cc(Cl)c(O)c(Cl)c1. The first-order valence-electron chi connectivity index (χ1n) is 4.58. The molecule has 0 bridgehead atoms. The summed E-state index contributed by atoms with van der Waals surface area (Å²) in [5, 5.41) is 12.1. The minimum atomic E-state index is -0.193. The highest BCUT2D eigenvalue weighted by Gasteiger charge is 2.08. The van der Waals surface area contributed by atoms with Crippen LogP contribution in [0.1, 0.15) is 12.8 Å². The number of carbonyl (C=O) groups excluding carboxylic acids is 1. The van der Waals surface area contributed by atoms with E-state index in [1.165, 1.54) is 12.1 Å². The van der Waals surface area contributed by atoms with Crippen molar-refractivity contribution < 1.29 is 9.90 Å². The molecule has 0 aromatic heterocycles. The van der Waals surface area contributed by atoms with Gasteiger partial charge in [0, 0.05) is 18.0 Å². The van der Waals surface area contributed by atoms with Gasteiger partial charge in [0.2, 0.25) is 5.91 Å². The number of benzene rings is 1. The number of anilines is 1. The van der Waals surface area contributed by atoms with Crippen LogP contribution in [0.25, 0.3) is 0 Å². The van der Waals surface area contributed by atoms with Gasteiger partial charge in [-0.05, 0) is 18.6 Å². The van der Waals surface area contributed by atoms with Crippen LogP contribution in [0.5, 0.6) is 5.75 Å². The molecule has 0 unspecified atom stereocenters. The Bertz CT molecular complexity index is 373. The molecule has 0 spiro atoms. The zero-order chi connectivity index (χ0) is 12.1. The number of halogens is 3. The van der Waals surface area contributed by atoms with E-state index < -0.39 is 0 Å². The van der Waals surface area contributed by atoms with Crippen LogP contribution in [0.3, 0.4) is 0 Å². The largest absolute Gasteiger partial charge is 0.505 e. The van der Waals surface area contributed by atoms with Crippen LogP contribution in [0.2, 0.25) is 10.0 Å². The topological polar surface area (TPSA) is 49.3 Å². The van der Waals surface area contributed by atoms with Gasteiger partial charge in [-0.2, -0.15) is 0 Å². The summed E-state index contributed by atoms with van der Waals surface area (Å²) in [4.78, 5) is 11.4. The Kier molecular flexibility index (Phi) is 5.19. The third kappa shape index (κ3) is 3.74. The molecule has 0 atom stereocenters. The molecule has 16 heavy (non-hydrogen) atoms. The van der Waals surface area contributed by atoms with Crippen molar-refractivity contribution in [1.29, 1.82) is 0 Å². The van der Waals surface area contributed by atoms with Crippen LogP contribution in [0.15, 0.2) is 12.1 Å². The number of amides is 1. The smallest absolute Gasteiger partial charge is 0.224 e. The predicted octanol–water partition coefficient (Wildman–Crippen LogP) is 3.66. The summed E-state index contributed by atoms with van der Waals surface area (Å²) < 4.78 is 0. The zero-order valence-corrected chi connectivity index (χ0v) is 10.5. The molecule has 1 aromatic carbocycles. The first kappa shape index (κ1) is 13.4. The van der Waals surface area contributed by atoms with Gasteiger partial charge in [-0.15, -0.1) is 11.6 Å². The molecule has 2 N–H and O–H groups in total. The normalized spacial score (nSPS) is 10.2. The van der Waals surface area contributed by atoms with E-state index in [0.717, 1.165) is 0 Å². The van der Waals surface area contributed by atoms with Gasteiger partial charge in [-0.1, -0.05) is 23.2 Å². The molecule has 6 heteroatoms. The Morgan fingerprint density at radius 2 is 1.88 bits per heavy atom. The first-order chi connectivity index (χ1) is 7.54. The van der Waals surface area contributed by atoms with E-state index in [-0.39, 0.29) is 21.7 Å². The van der Waals surface area contributed by atoms with Gasteiger partial charge < -0.3 is 10.4 Å². The molecule has 3 nitrogen and oxygen atoms in total. The number of carbonyl (C=O) groups is 1. The number of hydrogen-bond acceptors (Lipinski definition) is 2. The molecule has 88 valence electrons. The van der Waals surface area contributed by atoms with E-state index in [1.54, 1.807) is 0 Å². The summed E-state index contributed by atoms with van der Waals surface area (Å²) in [7, 11) is 0. The lowest BCUT2D eigenvalue weighted by Crippen LogP contribution is -2.11. The lowest BCUT2D eigenvalue weighted by molar-refractivity contribution is -0.116. The van der Waals surface area contributed by atoms with Crippen molar-refractivity contribution in [3.8, 4) is 5.75 Å². The van der Waals surface area contributed by atoms with Gasteiger partial charge in [-0.3, -0.25) is 4.79 Å². The quantitative estimate of drug-likeness (QED) is 0.654. The van der Waals surface area contributed by atoms with Crippen molar-refractivity contribution in [2.75, 3.05) is 11.2 Å². The number of phenols is 1. The van der Waals surface area contributed by atoms with Gasteiger partial charge in [0.1, 0.15) is 0 Å². The van der Waals surface area contributed by atoms with Gasteiger partial charge in [0.05, 0.1) is 10.0 Å². The number of alkyl halides is 1. The molecule has 1 aromatic rings. The molecule has 1 rings (SSSR count). The first-order valence-corrected chi connectivity index (χ1v) is 5.87. The molecule has 0 aliphatic rings. The van der Waals surface area contributed by atoms with Crippen LogP contribution in [0, 0.1) is 0 Å². The Hall–Kier alpha value is -0.640. The Labute approximate surface area is 108 Å². The molecule has 1 amide bonds. The van der Waals surface area contributed by atoms with Crippen LogP contribution in [-0.2, 0) is 4.79 Å². The van der Waals surface area contributed by atoms with Crippen molar-refractivity contribution in [2.45, 2.75) is 12.8 Å². The summed E-state index contributed by atoms with van der Waals surface area (Å²) in [6.45, 7) is 0. The van der Waals surface area contributed by atoms with E-state index in [2.05, 4.69) is 5.32 Å². The Morgan fingerprint density at radius 3 is 2.38 bits per heavy atom. The molecule has 0 saturated heterocycles. The van der Waals surface area contributed by atoms with Crippen molar-refractivity contribution in [2.24, 2.45) is 0 Å². The molecule has 0 fully saturated rings. The van der Waals surface area contributed by atoms with Crippen LogP contribution < -0.4 is 5.32 Å². The van der Waals surface area contributed by atoms with E-state index >= 15 is 0 Å². The highest BCUT2D eigenvalue weighted by Crippen LogP contribution is 2.34. The number of aromatic hydroxyl groups is 1. The van der Waals surface area contributed by atoms with Crippen LogP contribution in [-0.4, -0.2) is 16.9 Å². The van der Waals surface area contributed by atoms with Gasteiger partial charge in [-0.25, -0.2) is 0 Å². The van der Waals surface area contributed by atoms with E-state index in [0.29, 0.717) is 24.4 Å². The van der Waals surface area contributed by atoms with Crippen molar-refractivity contribution in [1.82, 2.24) is 0 Å². The molecule has 0 aliphatic heterocycles. The Balaban J connectivity index is 2.71. The average molecular weight is 283 g/mol. The maximum absolute atomic E-state index is 11.4. The van der Waals surface area contributed by atoms with Crippen molar-refractivity contribution in [3.63, 3.8) is 0 Å². The fraction of sp³-hybridized carbons (Fsp3) is 0.300. The fourth-order valence-electron chi connectivity index (χ4n) is 1.09. The van der Waals surface area contributed by atoms with Gasteiger partial charge in [0.25, 0.3) is 0 Å². The maximum atomic E-state index is 11.4. The monoisotopic (exact) mass is 281 g/mol. The van der Waals surface area contributed by atoms with Crippen LogP contribution >= 0.6 is 34.8 Å². The zero-order valence-electron chi connectivity index (χ0n) is 8.27. The van der Waals surface area contributed by atoms with Crippen molar-refractivity contribution in [3.05, 3.63) is 22.2 Å². The summed E-state index contributed by atoms with van der Waals surface area (Å²) >= 11 is 16.9. The minimum absolute atomic E-state index is 0.0974. The predicted molar refractivity (Wildman–Crippen MR) is 66.7 cm³/mol. The summed E-state index contributed by atoms with van der Waals surface area (Å²) in [5.41, 5.74) is 0.451. The summed E-state index contributed by atoms with van der Waals surface area (Å²) in [5.74, 6) is 0.0744. The number of phenolic OH excluding ortho intramolecular Hbond substituents is 1. The number of hydrogen-bond donors (Lipinski definition) is 2. The maximum Gasteiger partial charge on any atom is 0.224 e. The van der Waals surface area contributed by atoms with Crippen molar-refractivity contribution >= 4 is 46.4 Å². The van der Waals surface area contributed by atoms with Crippen LogP contribution in [0.4, 0.5) is 5.69 Å². The lowest BCUT2D eigenvalue weighted by atomic mass is 10.2. The summed E-state index contributed by atoms with van der Waals surface area (Å²) in [6, 6.07) is 2.86. The third-order valence-corrected chi connectivity index (χ3v) is 2.68.